The molecule has 30 heavy (non-hydrogen) atoms. The minimum absolute atomic E-state index is 0.0136. The molecule has 0 radical (unpaired) electrons. The second-order valence-electron chi connectivity index (χ2n) is 6.58. The van der Waals surface area contributed by atoms with Gasteiger partial charge in [0.05, 0.1) is 6.42 Å². The molecule has 1 amide bonds. The van der Waals surface area contributed by atoms with E-state index in [4.69, 9.17) is 9.26 Å². The van der Waals surface area contributed by atoms with E-state index in [0.717, 1.165) is 5.56 Å². The van der Waals surface area contributed by atoms with Crippen molar-refractivity contribution >= 4 is 11.9 Å². The molecule has 0 bridgehead atoms. The minimum atomic E-state index is -0.537. The first-order chi connectivity index (χ1) is 14.5. The molecule has 0 spiro atoms. The Morgan fingerprint density at radius 3 is 2.67 bits per heavy atom. The highest BCUT2D eigenvalue weighted by Crippen LogP contribution is 2.15. The van der Waals surface area contributed by atoms with Gasteiger partial charge in [0.15, 0.2) is 6.61 Å². The number of aryl methyl sites for hydroxylation is 1. The number of hydrogen-bond donors (Lipinski definition) is 0. The van der Waals surface area contributed by atoms with Crippen LogP contribution in [0.25, 0.3) is 11.4 Å². The van der Waals surface area contributed by atoms with Crippen LogP contribution in [-0.4, -0.2) is 40.1 Å². The Labute approximate surface area is 173 Å². The fraction of sp³-hybridized carbons (Fsp3) is 0.273. The van der Waals surface area contributed by atoms with Crippen molar-refractivity contribution in [3.8, 4) is 11.4 Å². The van der Waals surface area contributed by atoms with Crippen molar-refractivity contribution < 1.29 is 23.2 Å². The Hall–Kier alpha value is -3.55. The molecule has 1 heterocycles. The van der Waals surface area contributed by atoms with Crippen molar-refractivity contribution in [2.75, 3.05) is 13.2 Å². The Bertz CT molecular complexity index is 991. The van der Waals surface area contributed by atoms with Gasteiger partial charge in [0, 0.05) is 25.1 Å². The van der Waals surface area contributed by atoms with E-state index in [9.17, 15) is 14.0 Å². The van der Waals surface area contributed by atoms with Gasteiger partial charge in [0.25, 0.3) is 5.91 Å². The highest BCUT2D eigenvalue weighted by atomic mass is 19.1. The molecule has 2 aromatic carbocycles. The summed E-state index contributed by atoms with van der Waals surface area (Å²) in [5, 5.41) is 3.89. The zero-order valence-electron chi connectivity index (χ0n) is 16.6. The summed E-state index contributed by atoms with van der Waals surface area (Å²) in [6.07, 6.45) is 0.230. The third kappa shape index (κ3) is 5.97. The third-order valence-corrected chi connectivity index (χ3v) is 4.40. The molecule has 8 heteroatoms. The second kappa shape index (κ2) is 10.3. The topological polar surface area (TPSA) is 85.5 Å². The van der Waals surface area contributed by atoms with Crippen LogP contribution in [0.1, 0.15) is 24.8 Å². The van der Waals surface area contributed by atoms with Gasteiger partial charge in [-0.15, -0.1) is 0 Å². The van der Waals surface area contributed by atoms with Crippen molar-refractivity contribution in [2.24, 2.45) is 0 Å². The maximum absolute atomic E-state index is 13.3. The van der Waals surface area contributed by atoms with Crippen LogP contribution < -0.4 is 0 Å². The average Bonchev–Trinajstić information content (AvgIpc) is 3.24. The van der Waals surface area contributed by atoms with Crippen LogP contribution in [-0.2, 0) is 27.3 Å². The number of ether oxygens (including phenoxy) is 1. The molecule has 0 N–H and O–H groups in total. The average molecular weight is 411 g/mol. The lowest BCUT2D eigenvalue weighted by Gasteiger charge is -2.20. The van der Waals surface area contributed by atoms with Crippen LogP contribution in [0.15, 0.2) is 59.1 Å². The number of carbonyl (C=O) groups is 2. The lowest BCUT2D eigenvalue weighted by Crippen LogP contribution is -2.34. The van der Waals surface area contributed by atoms with Gasteiger partial charge in [-0.1, -0.05) is 47.6 Å². The number of likely N-dealkylation sites (N-methyl/N-ethyl adjacent to an activating group) is 1. The van der Waals surface area contributed by atoms with E-state index in [1.165, 1.54) is 17.0 Å². The van der Waals surface area contributed by atoms with E-state index >= 15 is 0 Å². The normalized spacial score (nSPS) is 10.6. The highest BCUT2D eigenvalue weighted by molar-refractivity contribution is 5.80. The molecule has 0 aliphatic carbocycles. The van der Waals surface area contributed by atoms with Crippen molar-refractivity contribution in [1.29, 1.82) is 0 Å². The third-order valence-electron chi connectivity index (χ3n) is 4.40. The number of hydrogen-bond acceptors (Lipinski definition) is 6. The Balaban J connectivity index is 1.44. The summed E-state index contributed by atoms with van der Waals surface area (Å²) >= 11 is 0. The second-order valence-corrected chi connectivity index (χ2v) is 6.58. The summed E-state index contributed by atoms with van der Waals surface area (Å²) in [5.41, 5.74) is 1.49. The number of carbonyl (C=O) groups excluding carboxylic acids is 2. The Kier molecular flexibility index (Phi) is 7.26. The molecule has 3 rings (SSSR count). The number of amides is 1. The summed E-state index contributed by atoms with van der Waals surface area (Å²) in [7, 11) is 0. The van der Waals surface area contributed by atoms with Crippen molar-refractivity contribution in [3.05, 3.63) is 71.9 Å². The summed E-state index contributed by atoms with van der Waals surface area (Å²) in [5.74, 6) is -0.480. The van der Waals surface area contributed by atoms with Gasteiger partial charge >= 0.3 is 5.97 Å². The van der Waals surface area contributed by atoms with Gasteiger partial charge in [-0.05, 0) is 24.6 Å². The molecule has 7 nitrogen and oxygen atoms in total. The molecule has 156 valence electrons. The first-order valence-electron chi connectivity index (χ1n) is 9.61. The smallest absolute Gasteiger partial charge is 0.306 e. The standard InChI is InChI=1S/C22H22FN3O4/c1-2-26(14-16-7-6-10-18(23)13-16)20(27)15-29-21(28)12-11-19-24-22(25-30-19)17-8-4-3-5-9-17/h3-10,13H,2,11-12,14-15H2,1H3. The summed E-state index contributed by atoms with van der Waals surface area (Å²) < 4.78 is 23.5. The molecular weight excluding hydrogens is 389 g/mol. The van der Waals surface area contributed by atoms with Gasteiger partial charge in [-0.3, -0.25) is 9.59 Å². The first-order valence-corrected chi connectivity index (χ1v) is 9.61. The molecule has 0 unspecified atom stereocenters. The first kappa shape index (κ1) is 21.2. The molecule has 0 saturated carbocycles. The largest absolute Gasteiger partial charge is 0.456 e. The highest BCUT2D eigenvalue weighted by Gasteiger charge is 2.16. The van der Waals surface area contributed by atoms with E-state index in [-0.39, 0.29) is 37.7 Å². The van der Waals surface area contributed by atoms with Crippen LogP contribution in [0.4, 0.5) is 4.39 Å². The molecule has 0 aliphatic rings. The van der Waals surface area contributed by atoms with E-state index in [2.05, 4.69) is 10.1 Å². The van der Waals surface area contributed by atoms with Crippen LogP contribution in [0, 0.1) is 5.82 Å². The fourth-order valence-corrected chi connectivity index (χ4v) is 2.81. The SMILES string of the molecule is CCN(Cc1cccc(F)c1)C(=O)COC(=O)CCc1nc(-c2ccccc2)no1. The van der Waals surface area contributed by atoms with Gasteiger partial charge < -0.3 is 14.2 Å². The maximum Gasteiger partial charge on any atom is 0.306 e. The molecule has 0 aliphatic heterocycles. The number of aromatic nitrogens is 2. The number of nitrogens with zero attached hydrogens (tertiary/aromatic N) is 3. The fourth-order valence-electron chi connectivity index (χ4n) is 2.81. The van der Waals surface area contributed by atoms with Crippen LogP contribution in [0.3, 0.4) is 0 Å². The van der Waals surface area contributed by atoms with Crippen LogP contribution in [0.2, 0.25) is 0 Å². The summed E-state index contributed by atoms with van der Waals surface area (Å²) in [6.45, 7) is 2.09. The number of esters is 1. The number of rotatable bonds is 9. The van der Waals surface area contributed by atoms with E-state index in [0.29, 0.717) is 23.8 Å². The zero-order chi connectivity index (χ0) is 21.3. The predicted molar refractivity (Wildman–Crippen MR) is 107 cm³/mol. The summed E-state index contributed by atoms with van der Waals surface area (Å²) in [6, 6.07) is 15.4. The molecule has 1 aromatic heterocycles. The lowest BCUT2D eigenvalue weighted by atomic mass is 10.2. The van der Waals surface area contributed by atoms with Crippen LogP contribution >= 0.6 is 0 Å². The molecule has 0 fully saturated rings. The van der Waals surface area contributed by atoms with Gasteiger partial charge in [-0.25, -0.2) is 4.39 Å². The quantitative estimate of drug-likeness (QED) is 0.502. The van der Waals surface area contributed by atoms with Crippen LogP contribution in [0.5, 0.6) is 0 Å². The van der Waals surface area contributed by atoms with Crippen molar-refractivity contribution in [3.63, 3.8) is 0 Å². The molecule has 0 saturated heterocycles. The van der Waals surface area contributed by atoms with E-state index in [1.807, 2.05) is 30.3 Å². The molecular formula is C22H22FN3O4. The number of halogens is 1. The monoisotopic (exact) mass is 411 g/mol. The Morgan fingerprint density at radius 1 is 1.13 bits per heavy atom. The van der Waals surface area contributed by atoms with E-state index < -0.39 is 5.97 Å². The van der Waals surface area contributed by atoms with E-state index in [1.54, 1.807) is 19.1 Å². The minimum Gasteiger partial charge on any atom is -0.456 e. The summed E-state index contributed by atoms with van der Waals surface area (Å²) in [4.78, 5) is 30.0. The predicted octanol–water partition coefficient (Wildman–Crippen LogP) is 3.40. The maximum atomic E-state index is 13.3. The van der Waals surface area contributed by atoms with Gasteiger partial charge in [-0.2, -0.15) is 4.98 Å². The Morgan fingerprint density at radius 2 is 1.93 bits per heavy atom. The lowest BCUT2D eigenvalue weighted by molar-refractivity contribution is -0.152. The van der Waals surface area contributed by atoms with Crippen molar-refractivity contribution in [1.82, 2.24) is 15.0 Å². The van der Waals surface area contributed by atoms with Crippen molar-refractivity contribution in [2.45, 2.75) is 26.3 Å². The zero-order valence-corrected chi connectivity index (χ0v) is 16.6. The molecule has 3 aromatic rings. The number of benzene rings is 2. The molecule has 0 atom stereocenters. The van der Waals surface area contributed by atoms with Gasteiger partial charge in [0.2, 0.25) is 11.7 Å². The van der Waals surface area contributed by atoms with Gasteiger partial charge in [0.1, 0.15) is 5.82 Å².